The van der Waals surface area contributed by atoms with Crippen LogP contribution in [0.3, 0.4) is 0 Å². The Kier molecular flexibility index (Phi) is 5.08. The minimum Gasteiger partial charge on any atom is -0.323 e. The van der Waals surface area contributed by atoms with E-state index < -0.39 is 36.0 Å². The van der Waals surface area contributed by atoms with E-state index in [1.165, 1.54) is 23.1 Å². The molecule has 2 atom stereocenters. The second-order valence-electron chi connectivity index (χ2n) is 7.49. The Morgan fingerprint density at radius 3 is 2.37 bits per heavy atom. The molecule has 2 unspecified atom stereocenters. The van der Waals surface area contributed by atoms with E-state index in [4.69, 9.17) is 0 Å². The highest BCUT2D eigenvalue weighted by atomic mass is 19.4. The van der Waals surface area contributed by atoms with Gasteiger partial charge in [-0.05, 0) is 37.1 Å². The fraction of sp³-hybridized carbons (Fsp3) is 0.400. The first kappa shape index (κ1) is 20.1. The first-order valence-corrected chi connectivity index (χ1v) is 9.62. The number of nitrogens with zero attached hydrogens (tertiary/aromatic N) is 3. The molecular formula is C20H19F3N4O3. The summed E-state index contributed by atoms with van der Waals surface area (Å²) in [4.78, 5) is 38.6. The van der Waals surface area contributed by atoms with Gasteiger partial charge in [-0.15, -0.1) is 0 Å². The van der Waals surface area contributed by atoms with Crippen molar-refractivity contribution < 1.29 is 27.6 Å². The summed E-state index contributed by atoms with van der Waals surface area (Å²) >= 11 is 0. The van der Waals surface area contributed by atoms with E-state index in [2.05, 4.69) is 10.4 Å². The third kappa shape index (κ3) is 3.69. The minimum absolute atomic E-state index is 0.116. The molecule has 3 amide bonds. The van der Waals surface area contributed by atoms with E-state index in [0.717, 1.165) is 29.9 Å². The van der Waals surface area contributed by atoms with Crippen LogP contribution in [-0.4, -0.2) is 38.9 Å². The van der Waals surface area contributed by atoms with Gasteiger partial charge in [-0.25, -0.2) is 4.68 Å². The predicted molar refractivity (Wildman–Crippen MR) is 99.4 cm³/mol. The molecule has 1 aliphatic carbocycles. The average molecular weight is 420 g/mol. The largest absolute Gasteiger partial charge is 0.416 e. The molecule has 1 aromatic heterocycles. The molecule has 2 fully saturated rings. The number of hydrogen-bond donors (Lipinski definition) is 1. The predicted octanol–water partition coefficient (Wildman–Crippen LogP) is 3.00. The first-order chi connectivity index (χ1) is 14.3. The lowest BCUT2D eigenvalue weighted by atomic mass is 9.81. The lowest BCUT2D eigenvalue weighted by molar-refractivity contribution is -0.142. The summed E-state index contributed by atoms with van der Waals surface area (Å²) in [6.07, 6.45) is 1.33. The van der Waals surface area contributed by atoms with Crippen LogP contribution < -0.4 is 5.32 Å². The maximum atomic E-state index is 13.1. The number of aromatic nitrogens is 2. The monoisotopic (exact) mass is 420 g/mol. The van der Waals surface area contributed by atoms with Crippen LogP contribution in [0.15, 0.2) is 36.7 Å². The van der Waals surface area contributed by atoms with Crippen molar-refractivity contribution in [3.8, 4) is 5.69 Å². The quantitative estimate of drug-likeness (QED) is 0.771. The van der Waals surface area contributed by atoms with Crippen LogP contribution >= 0.6 is 0 Å². The van der Waals surface area contributed by atoms with Crippen molar-refractivity contribution in [2.45, 2.75) is 31.9 Å². The normalized spacial score (nSPS) is 21.6. The number of likely N-dealkylation sites (tertiary alicyclic amines) is 1. The first-order valence-electron chi connectivity index (χ1n) is 9.62. The highest BCUT2D eigenvalue weighted by molar-refractivity contribution is 6.08. The summed E-state index contributed by atoms with van der Waals surface area (Å²) in [5.74, 6) is -2.30. The van der Waals surface area contributed by atoms with Gasteiger partial charge in [0.25, 0.3) is 0 Å². The molecule has 2 heterocycles. The van der Waals surface area contributed by atoms with Gasteiger partial charge in [-0.2, -0.15) is 18.3 Å². The van der Waals surface area contributed by atoms with Crippen molar-refractivity contribution in [3.05, 3.63) is 42.2 Å². The third-order valence-corrected chi connectivity index (χ3v) is 5.58. The van der Waals surface area contributed by atoms with E-state index in [1.807, 2.05) is 0 Å². The molecule has 1 aliphatic heterocycles. The molecule has 7 nitrogen and oxygen atoms in total. The molecule has 2 aliphatic rings. The van der Waals surface area contributed by atoms with Gasteiger partial charge in [0, 0.05) is 12.4 Å². The molecule has 0 spiro atoms. The van der Waals surface area contributed by atoms with Crippen LogP contribution in [0, 0.1) is 11.8 Å². The number of halogens is 3. The number of hydrogen-bond acceptors (Lipinski definition) is 4. The number of fused-ring (bicyclic) bond motifs is 1. The summed E-state index contributed by atoms with van der Waals surface area (Å²) in [6.45, 7) is -0.528. The highest BCUT2D eigenvalue weighted by Gasteiger charge is 2.48. The van der Waals surface area contributed by atoms with Crippen molar-refractivity contribution >= 4 is 23.4 Å². The molecule has 1 N–H and O–H groups in total. The van der Waals surface area contributed by atoms with Crippen LogP contribution in [0.4, 0.5) is 18.9 Å². The SMILES string of the molecule is O=C(CN1C(=O)C2CCCCC2C1=O)Nc1cc(C(F)(F)F)ccc1-n1cccn1. The zero-order valence-corrected chi connectivity index (χ0v) is 15.9. The number of carbonyl (C=O) groups excluding carboxylic acids is 3. The molecule has 10 heteroatoms. The van der Waals surface area contributed by atoms with Gasteiger partial charge in [0.2, 0.25) is 17.7 Å². The van der Waals surface area contributed by atoms with E-state index in [9.17, 15) is 27.6 Å². The van der Waals surface area contributed by atoms with Crippen molar-refractivity contribution in [1.29, 1.82) is 0 Å². The van der Waals surface area contributed by atoms with E-state index in [1.54, 1.807) is 6.07 Å². The molecular weight excluding hydrogens is 401 g/mol. The standard InChI is InChI=1S/C20H19F3N4O3/c21-20(22,23)12-6-7-16(27-9-3-8-24-27)15(10-12)25-17(28)11-26-18(29)13-4-1-2-5-14(13)19(26)30/h3,6-10,13-14H,1-2,4-5,11H2,(H,25,28). The maximum Gasteiger partial charge on any atom is 0.416 e. The minimum atomic E-state index is -4.60. The van der Waals surface area contributed by atoms with E-state index >= 15 is 0 Å². The van der Waals surface area contributed by atoms with Gasteiger partial charge in [0.1, 0.15) is 6.54 Å². The van der Waals surface area contributed by atoms with E-state index in [-0.39, 0.29) is 23.2 Å². The van der Waals surface area contributed by atoms with Gasteiger partial charge in [-0.1, -0.05) is 12.8 Å². The Hall–Kier alpha value is -3.17. The Labute approximate surface area is 169 Å². The topological polar surface area (TPSA) is 84.3 Å². The number of rotatable bonds is 4. The van der Waals surface area contributed by atoms with Crippen molar-refractivity contribution in [1.82, 2.24) is 14.7 Å². The van der Waals surface area contributed by atoms with Crippen molar-refractivity contribution in [2.24, 2.45) is 11.8 Å². The third-order valence-electron chi connectivity index (χ3n) is 5.58. The van der Waals surface area contributed by atoms with Gasteiger partial charge in [0.15, 0.2) is 0 Å². The Morgan fingerprint density at radius 2 is 1.80 bits per heavy atom. The molecule has 1 aromatic carbocycles. The lowest BCUT2D eigenvalue weighted by Gasteiger charge is -2.19. The maximum absolute atomic E-state index is 13.1. The van der Waals surface area contributed by atoms with Crippen LogP contribution in [-0.2, 0) is 20.6 Å². The summed E-state index contributed by atoms with van der Waals surface area (Å²) in [5, 5.41) is 6.40. The molecule has 2 aromatic rings. The van der Waals surface area contributed by atoms with Crippen molar-refractivity contribution in [2.75, 3.05) is 11.9 Å². The Morgan fingerprint density at radius 1 is 1.13 bits per heavy atom. The number of anilines is 1. The number of carbonyl (C=O) groups is 3. The fourth-order valence-electron chi connectivity index (χ4n) is 4.14. The zero-order chi connectivity index (χ0) is 21.5. The summed E-state index contributed by atoms with van der Waals surface area (Å²) < 4.78 is 40.8. The molecule has 4 rings (SSSR count). The number of nitrogens with one attached hydrogen (secondary N) is 1. The Bertz CT molecular complexity index is 964. The van der Waals surface area contributed by atoms with Crippen LogP contribution in [0.1, 0.15) is 31.2 Å². The van der Waals surface area contributed by atoms with Crippen molar-refractivity contribution in [3.63, 3.8) is 0 Å². The lowest BCUT2D eigenvalue weighted by Crippen LogP contribution is -2.38. The Balaban J connectivity index is 1.56. The van der Waals surface area contributed by atoms with Crippen LogP contribution in [0.5, 0.6) is 0 Å². The molecule has 30 heavy (non-hydrogen) atoms. The molecule has 158 valence electrons. The molecule has 0 bridgehead atoms. The molecule has 1 saturated carbocycles. The van der Waals surface area contributed by atoms with Gasteiger partial charge < -0.3 is 5.32 Å². The summed E-state index contributed by atoms with van der Waals surface area (Å²) in [7, 11) is 0. The molecule has 1 saturated heterocycles. The number of imide groups is 1. The smallest absolute Gasteiger partial charge is 0.323 e. The second-order valence-corrected chi connectivity index (χ2v) is 7.49. The van der Waals surface area contributed by atoms with E-state index in [0.29, 0.717) is 12.8 Å². The van der Waals surface area contributed by atoms with Gasteiger partial charge in [0.05, 0.1) is 28.8 Å². The van der Waals surface area contributed by atoms with Gasteiger partial charge in [-0.3, -0.25) is 19.3 Å². The highest BCUT2D eigenvalue weighted by Crippen LogP contribution is 2.38. The average Bonchev–Trinajstić information content (AvgIpc) is 3.31. The zero-order valence-electron chi connectivity index (χ0n) is 15.9. The fourth-order valence-corrected chi connectivity index (χ4v) is 4.14. The second kappa shape index (κ2) is 7.58. The number of benzene rings is 1. The summed E-state index contributed by atoms with van der Waals surface area (Å²) in [6, 6.07) is 4.49. The number of amides is 3. The molecule has 0 radical (unpaired) electrons. The van der Waals surface area contributed by atoms with Gasteiger partial charge >= 0.3 is 6.18 Å². The number of alkyl halides is 3. The summed E-state index contributed by atoms with van der Waals surface area (Å²) in [5.41, 5.74) is -0.822. The van der Waals surface area contributed by atoms with Crippen LogP contribution in [0.2, 0.25) is 0 Å². The van der Waals surface area contributed by atoms with Crippen LogP contribution in [0.25, 0.3) is 5.69 Å².